The number of benzene rings is 1. The maximum absolute atomic E-state index is 12.4. The largest absolute Gasteiger partial charge is 0.459 e. The van der Waals surface area contributed by atoms with Crippen molar-refractivity contribution in [2.75, 3.05) is 7.05 Å². The molecule has 0 amide bonds. The second-order valence-electron chi connectivity index (χ2n) is 4.82. The normalized spacial score (nSPS) is 13.9. The van der Waals surface area contributed by atoms with Gasteiger partial charge in [0.05, 0.1) is 12.2 Å². The summed E-state index contributed by atoms with van der Waals surface area (Å²) in [4.78, 5) is 0.132. The van der Waals surface area contributed by atoms with Crippen LogP contribution in [0.5, 0.6) is 0 Å². The van der Waals surface area contributed by atoms with Gasteiger partial charge < -0.3 is 4.42 Å². The highest BCUT2D eigenvalue weighted by Gasteiger charge is 2.28. The summed E-state index contributed by atoms with van der Waals surface area (Å²) in [6.07, 6.45) is 2.65. The first-order valence-corrected chi connectivity index (χ1v) is 7.89. The summed E-state index contributed by atoms with van der Waals surface area (Å²) in [5, 5.41) is 7.15. The average molecular weight is 305 g/mol. The van der Waals surface area contributed by atoms with Gasteiger partial charge in [-0.2, -0.15) is 9.40 Å². The molecule has 0 bridgehead atoms. The van der Waals surface area contributed by atoms with Gasteiger partial charge in [0.15, 0.2) is 0 Å². The van der Waals surface area contributed by atoms with E-state index in [1.807, 2.05) is 30.3 Å². The number of aromatic nitrogens is 2. The highest BCUT2D eigenvalue weighted by molar-refractivity contribution is 7.89. The van der Waals surface area contributed by atoms with Crippen LogP contribution in [0.4, 0.5) is 0 Å². The number of furan rings is 1. The van der Waals surface area contributed by atoms with Gasteiger partial charge >= 0.3 is 0 Å². The summed E-state index contributed by atoms with van der Waals surface area (Å²) in [7, 11) is -2.07. The first-order chi connectivity index (χ1) is 10.00. The van der Waals surface area contributed by atoms with E-state index in [0.29, 0.717) is 5.76 Å². The second-order valence-corrected chi connectivity index (χ2v) is 6.82. The lowest BCUT2D eigenvalue weighted by molar-refractivity contribution is 0.348. The molecule has 1 atom stereocenters. The third kappa shape index (κ3) is 2.34. The predicted octanol–water partition coefficient (Wildman–Crippen LogP) is 2.54. The number of nitrogens with zero attached hydrogens (tertiary/aromatic N) is 2. The zero-order chi connectivity index (χ0) is 15.0. The molecule has 1 unspecified atom stereocenters. The van der Waals surface area contributed by atoms with Gasteiger partial charge in [0.2, 0.25) is 10.0 Å². The molecule has 3 rings (SSSR count). The topological polar surface area (TPSA) is 79.2 Å². The first-order valence-electron chi connectivity index (χ1n) is 6.45. The van der Waals surface area contributed by atoms with Crippen LogP contribution in [0.1, 0.15) is 18.7 Å². The summed E-state index contributed by atoms with van der Waals surface area (Å²) < 4.78 is 31.9. The van der Waals surface area contributed by atoms with Crippen molar-refractivity contribution >= 4 is 21.0 Å². The van der Waals surface area contributed by atoms with Crippen LogP contribution in [0.3, 0.4) is 0 Å². The molecule has 0 spiro atoms. The van der Waals surface area contributed by atoms with E-state index >= 15 is 0 Å². The fourth-order valence-corrected chi connectivity index (χ4v) is 3.38. The molecule has 21 heavy (non-hydrogen) atoms. The van der Waals surface area contributed by atoms with Crippen molar-refractivity contribution in [1.82, 2.24) is 14.5 Å². The zero-order valence-corrected chi connectivity index (χ0v) is 12.5. The Morgan fingerprint density at radius 3 is 2.76 bits per heavy atom. The molecule has 6 nitrogen and oxygen atoms in total. The van der Waals surface area contributed by atoms with Gasteiger partial charge in [-0.3, -0.25) is 5.10 Å². The maximum Gasteiger partial charge on any atom is 0.246 e. The van der Waals surface area contributed by atoms with Crippen molar-refractivity contribution in [1.29, 1.82) is 0 Å². The highest BCUT2D eigenvalue weighted by atomic mass is 32.2. The molecule has 0 saturated heterocycles. The minimum atomic E-state index is -3.60. The standard InChI is InChI=1S/C14H15N3O3S/c1-10(14-7-11-5-3-4-6-13(11)20-14)17(2)21(18,19)12-8-15-16-9-12/h3-10H,1-2H3,(H,15,16). The Morgan fingerprint density at radius 2 is 2.10 bits per heavy atom. The molecule has 1 N–H and O–H groups in total. The minimum Gasteiger partial charge on any atom is -0.459 e. The Kier molecular flexibility index (Phi) is 3.30. The molecule has 1 aromatic carbocycles. The number of fused-ring (bicyclic) bond motifs is 1. The van der Waals surface area contributed by atoms with Crippen molar-refractivity contribution in [3.63, 3.8) is 0 Å². The van der Waals surface area contributed by atoms with Gasteiger partial charge in [0, 0.05) is 18.6 Å². The maximum atomic E-state index is 12.4. The predicted molar refractivity (Wildman–Crippen MR) is 78.2 cm³/mol. The number of hydrogen-bond donors (Lipinski definition) is 1. The van der Waals surface area contributed by atoms with Crippen molar-refractivity contribution in [3.05, 3.63) is 48.5 Å². The Bertz CT molecular complexity index is 820. The van der Waals surface area contributed by atoms with Crippen LogP contribution in [0.25, 0.3) is 11.0 Å². The van der Waals surface area contributed by atoms with Crippen molar-refractivity contribution in [2.45, 2.75) is 17.9 Å². The van der Waals surface area contributed by atoms with Gasteiger partial charge in [-0.1, -0.05) is 18.2 Å². The van der Waals surface area contributed by atoms with Crippen molar-refractivity contribution in [3.8, 4) is 0 Å². The van der Waals surface area contributed by atoms with E-state index in [2.05, 4.69) is 10.2 Å². The van der Waals surface area contributed by atoms with Crippen molar-refractivity contribution in [2.24, 2.45) is 0 Å². The molecular formula is C14H15N3O3S. The molecule has 0 saturated carbocycles. The average Bonchev–Trinajstić information content (AvgIpc) is 3.14. The summed E-state index contributed by atoms with van der Waals surface area (Å²) in [5.74, 6) is 0.603. The number of rotatable bonds is 4. The Hall–Kier alpha value is -2.12. The van der Waals surface area contributed by atoms with Crippen LogP contribution in [-0.4, -0.2) is 30.0 Å². The van der Waals surface area contributed by atoms with Crippen LogP contribution in [0.15, 0.2) is 52.0 Å². The first kappa shape index (κ1) is 13.8. The highest BCUT2D eigenvalue weighted by Crippen LogP contribution is 2.29. The van der Waals surface area contributed by atoms with E-state index in [9.17, 15) is 8.42 Å². The molecule has 7 heteroatoms. The minimum absolute atomic E-state index is 0.132. The van der Waals surface area contributed by atoms with Crippen LogP contribution in [0, 0.1) is 0 Å². The Morgan fingerprint density at radius 1 is 1.33 bits per heavy atom. The second kappa shape index (κ2) is 5.01. The van der Waals surface area contributed by atoms with E-state index in [4.69, 9.17) is 4.42 Å². The van der Waals surface area contributed by atoms with E-state index < -0.39 is 16.1 Å². The molecule has 0 radical (unpaired) electrons. The Labute approximate surface area is 122 Å². The smallest absolute Gasteiger partial charge is 0.246 e. The molecule has 110 valence electrons. The lowest BCUT2D eigenvalue weighted by atomic mass is 10.2. The fraction of sp³-hybridized carbons (Fsp3) is 0.214. The third-order valence-electron chi connectivity index (χ3n) is 3.55. The number of H-pyrrole nitrogens is 1. The molecule has 0 fully saturated rings. The number of aromatic amines is 1. The molecule has 0 aliphatic rings. The van der Waals surface area contributed by atoms with Crippen LogP contribution in [-0.2, 0) is 10.0 Å². The SMILES string of the molecule is CC(c1cc2ccccc2o1)N(C)S(=O)(=O)c1cn[nH]c1. The van der Waals surface area contributed by atoms with Gasteiger partial charge in [0.25, 0.3) is 0 Å². The monoisotopic (exact) mass is 305 g/mol. The summed E-state index contributed by atoms with van der Waals surface area (Å²) in [5.41, 5.74) is 0.744. The van der Waals surface area contributed by atoms with Crippen molar-refractivity contribution < 1.29 is 12.8 Å². The van der Waals surface area contributed by atoms with E-state index in [-0.39, 0.29) is 4.90 Å². The summed E-state index contributed by atoms with van der Waals surface area (Å²) in [6.45, 7) is 1.79. The van der Waals surface area contributed by atoms with E-state index in [0.717, 1.165) is 11.0 Å². The zero-order valence-electron chi connectivity index (χ0n) is 11.6. The number of para-hydroxylation sites is 1. The van der Waals surface area contributed by atoms with E-state index in [1.165, 1.54) is 23.7 Å². The van der Waals surface area contributed by atoms with Gasteiger partial charge in [-0.15, -0.1) is 0 Å². The molecule has 2 heterocycles. The van der Waals surface area contributed by atoms with Gasteiger partial charge in [-0.25, -0.2) is 8.42 Å². The van der Waals surface area contributed by atoms with E-state index in [1.54, 1.807) is 6.92 Å². The molecule has 3 aromatic rings. The fourth-order valence-electron chi connectivity index (χ4n) is 2.14. The summed E-state index contributed by atoms with van der Waals surface area (Å²) in [6, 6.07) is 9.03. The third-order valence-corrected chi connectivity index (χ3v) is 5.45. The lowest BCUT2D eigenvalue weighted by Crippen LogP contribution is -2.29. The van der Waals surface area contributed by atoms with Crippen LogP contribution in [0.2, 0.25) is 0 Å². The molecular weight excluding hydrogens is 290 g/mol. The lowest BCUT2D eigenvalue weighted by Gasteiger charge is -2.21. The van der Waals surface area contributed by atoms with Gasteiger partial charge in [-0.05, 0) is 19.1 Å². The molecule has 0 aliphatic heterocycles. The molecule has 0 aliphatic carbocycles. The number of hydrogen-bond acceptors (Lipinski definition) is 4. The number of nitrogens with one attached hydrogen (secondary N) is 1. The quantitative estimate of drug-likeness (QED) is 0.803. The van der Waals surface area contributed by atoms with Gasteiger partial charge in [0.1, 0.15) is 16.2 Å². The molecule has 2 aromatic heterocycles. The van der Waals surface area contributed by atoms with Crippen LogP contribution < -0.4 is 0 Å². The Balaban J connectivity index is 1.96. The number of sulfonamides is 1. The van der Waals surface area contributed by atoms with Crippen LogP contribution >= 0.6 is 0 Å². The summed E-state index contributed by atoms with van der Waals surface area (Å²) >= 11 is 0.